The molecule has 3 saturated carbocycles. The number of hydrogen-bond acceptors (Lipinski definition) is 2. The van der Waals surface area contributed by atoms with E-state index in [1.807, 2.05) is 0 Å². The highest BCUT2D eigenvalue weighted by atomic mass is 16.1. The summed E-state index contributed by atoms with van der Waals surface area (Å²) in [5.74, 6) is 1.61. The van der Waals surface area contributed by atoms with Crippen molar-refractivity contribution in [1.29, 1.82) is 0 Å². The number of fused-ring (bicyclic) bond motifs is 2. The maximum Gasteiger partial charge on any atom is 0.223 e. The van der Waals surface area contributed by atoms with Crippen LogP contribution < -0.4 is 11.1 Å². The molecule has 124 valence electrons. The molecular formula is C20H28N2O. The third kappa shape index (κ3) is 2.91. The Morgan fingerprint density at radius 2 is 1.78 bits per heavy atom. The standard InChI is InChI=1S/C20H28N2O/c21-18-14-5-4-6-15(18)12-16(11-14)19(23)22-13-20(9-10-20)17-7-2-1-3-8-17/h1-3,7-8,14-16,18H,4-6,9-13,21H2,(H,22,23). The van der Waals surface area contributed by atoms with Crippen LogP contribution in [0.1, 0.15) is 50.5 Å². The van der Waals surface area contributed by atoms with E-state index in [0.717, 1.165) is 19.4 Å². The van der Waals surface area contributed by atoms with Gasteiger partial charge < -0.3 is 11.1 Å². The molecular weight excluding hydrogens is 284 g/mol. The van der Waals surface area contributed by atoms with E-state index in [9.17, 15) is 4.79 Å². The molecule has 3 aliphatic rings. The molecule has 3 aliphatic carbocycles. The van der Waals surface area contributed by atoms with Gasteiger partial charge in [0.15, 0.2) is 0 Å². The van der Waals surface area contributed by atoms with Crippen molar-refractivity contribution in [3.05, 3.63) is 35.9 Å². The van der Waals surface area contributed by atoms with E-state index in [-0.39, 0.29) is 17.2 Å². The lowest BCUT2D eigenvalue weighted by atomic mass is 9.65. The van der Waals surface area contributed by atoms with Crippen LogP contribution in [0, 0.1) is 17.8 Å². The fourth-order valence-electron chi connectivity index (χ4n) is 4.91. The van der Waals surface area contributed by atoms with E-state index >= 15 is 0 Å². The van der Waals surface area contributed by atoms with Crippen LogP contribution in [0.25, 0.3) is 0 Å². The Bertz CT molecular complexity index is 552. The zero-order valence-electron chi connectivity index (χ0n) is 13.8. The third-order valence-corrected chi connectivity index (χ3v) is 6.62. The van der Waals surface area contributed by atoms with Crippen LogP contribution in [0.4, 0.5) is 0 Å². The molecule has 3 nitrogen and oxygen atoms in total. The van der Waals surface area contributed by atoms with Gasteiger partial charge in [0.2, 0.25) is 5.91 Å². The molecule has 1 aromatic rings. The second-order valence-corrected chi connectivity index (χ2v) is 8.06. The Labute approximate surface area is 139 Å². The van der Waals surface area contributed by atoms with Crippen molar-refractivity contribution in [2.75, 3.05) is 6.54 Å². The second kappa shape index (κ2) is 5.94. The van der Waals surface area contributed by atoms with Crippen LogP contribution in [0.5, 0.6) is 0 Å². The van der Waals surface area contributed by atoms with Gasteiger partial charge in [-0.15, -0.1) is 0 Å². The van der Waals surface area contributed by atoms with Gasteiger partial charge in [-0.1, -0.05) is 36.8 Å². The predicted octanol–water partition coefficient (Wildman–Crippen LogP) is 2.99. The van der Waals surface area contributed by atoms with Gasteiger partial charge in [0.1, 0.15) is 0 Å². The van der Waals surface area contributed by atoms with Crippen molar-refractivity contribution in [3.8, 4) is 0 Å². The van der Waals surface area contributed by atoms with Crippen molar-refractivity contribution >= 4 is 5.91 Å². The van der Waals surface area contributed by atoms with Gasteiger partial charge in [-0.2, -0.15) is 0 Å². The topological polar surface area (TPSA) is 55.1 Å². The molecule has 2 atom stereocenters. The van der Waals surface area contributed by atoms with Crippen LogP contribution in [0.15, 0.2) is 30.3 Å². The molecule has 0 radical (unpaired) electrons. The monoisotopic (exact) mass is 312 g/mol. The molecule has 2 bridgehead atoms. The van der Waals surface area contributed by atoms with E-state index < -0.39 is 0 Å². The fraction of sp³-hybridized carbons (Fsp3) is 0.650. The lowest BCUT2D eigenvalue weighted by Crippen LogP contribution is -2.49. The van der Waals surface area contributed by atoms with Crippen molar-refractivity contribution in [1.82, 2.24) is 5.32 Å². The van der Waals surface area contributed by atoms with E-state index in [4.69, 9.17) is 5.73 Å². The molecule has 0 heterocycles. The summed E-state index contributed by atoms with van der Waals surface area (Å²) in [5, 5.41) is 3.28. The zero-order valence-corrected chi connectivity index (χ0v) is 13.8. The molecule has 1 amide bonds. The third-order valence-electron chi connectivity index (χ3n) is 6.62. The van der Waals surface area contributed by atoms with Crippen molar-refractivity contribution in [2.24, 2.45) is 23.5 Å². The predicted molar refractivity (Wildman–Crippen MR) is 91.9 cm³/mol. The van der Waals surface area contributed by atoms with E-state index in [1.54, 1.807) is 0 Å². The molecule has 0 aliphatic heterocycles. The Kier molecular flexibility index (Phi) is 3.92. The summed E-state index contributed by atoms with van der Waals surface area (Å²) in [4.78, 5) is 12.7. The Balaban J connectivity index is 1.36. The number of carbonyl (C=O) groups excluding carboxylic acids is 1. The minimum atomic E-state index is 0.191. The van der Waals surface area contributed by atoms with Crippen molar-refractivity contribution in [3.63, 3.8) is 0 Å². The van der Waals surface area contributed by atoms with Gasteiger partial charge in [0, 0.05) is 23.9 Å². The summed E-state index contributed by atoms with van der Waals surface area (Å²) in [7, 11) is 0. The highest BCUT2D eigenvalue weighted by molar-refractivity contribution is 5.79. The van der Waals surface area contributed by atoms with Crippen LogP contribution >= 0.6 is 0 Å². The number of rotatable bonds is 4. The lowest BCUT2D eigenvalue weighted by Gasteiger charge is -2.43. The first-order chi connectivity index (χ1) is 11.2. The lowest BCUT2D eigenvalue weighted by molar-refractivity contribution is -0.128. The SMILES string of the molecule is NC1C2CCCC1CC(C(=O)NCC1(c3ccccc3)CC1)C2. The molecule has 2 unspecified atom stereocenters. The van der Waals surface area contributed by atoms with Gasteiger partial charge in [-0.25, -0.2) is 0 Å². The summed E-state index contributed by atoms with van der Waals surface area (Å²) in [6, 6.07) is 11.0. The first-order valence-electron chi connectivity index (χ1n) is 9.27. The molecule has 3 N–H and O–H groups in total. The number of nitrogens with one attached hydrogen (secondary N) is 1. The van der Waals surface area contributed by atoms with Crippen LogP contribution in [-0.2, 0) is 10.2 Å². The zero-order chi connectivity index (χ0) is 15.9. The molecule has 23 heavy (non-hydrogen) atoms. The molecule has 3 heteroatoms. The van der Waals surface area contributed by atoms with E-state index in [2.05, 4.69) is 35.6 Å². The summed E-state index contributed by atoms with van der Waals surface area (Å²) in [5.41, 5.74) is 7.93. The summed E-state index contributed by atoms with van der Waals surface area (Å²) < 4.78 is 0. The van der Waals surface area contributed by atoms with Gasteiger partial charge in [-0.05, 0) is 55.9 Å². The Morgan fingerprint density at radius 1 is 1.13 bits per heavy atom. The van der Waals surface area contributed by atoms with Crippen molar-refractivity contribution in [2.45, 2.75) is 56.4 Å². The maximum atomic E-state index is 12.7. The molecule has 0 spiro atoms. The molecule has 4 rings (SSSR count). The number of amides is 1. The highest BCUT2D eigenvalue weighted by Gasteiger charge is 2.45. The van der Waals surface area contributed by atoms with Crippen LogP contribution in [0.2, 0.25) is 0 Å². The average molecular weight is 312 g/mol. The Hall–Kier alpha value is -1.35. The maximum absolute atomic E-state index is 12.7. The number of hydrogen-bond donors (Lipinski definition) is 2. The van der Waals surface area contributed by atoms with Crippen LogP contribution in [-0.4, -0.2) is 18.5 Å². The fourth-order valence-corrected chi connectivity index (χ4v) is 4.91. The van der Waals surface area contributed by atoms with Crippen LogP contribution in [0.3, 0.4) is 0 Å². The summed E-state index contributed by atoms with van der Waals surface area (Å²) in [6.07, 6.45) is 8.12. The summed E-state index contributed by atoms with van der Waals surface area (Å²) >= 11 is 0. The highest BCUT2D eigenvalue weighted by Crippen LogP contribution is 2.48. The number of nitrogens with two attached hydrogens (primary N) is 1. The molecule has 1 aromatic carbocycles. The first-order valence-corrected chi connectivity index (χ1v) is 9.27. The van der Waals surface area contributed by atoms with Gasteiger partial charge in [-0.3, -0.25) is 4.79 Å². The average Bonchev–Trinajstić information content (AvgIpc) is 3.34. The molecule has 0 aromatic heterocycles. The van der Waals surface area contributed by atoms with Gasteiger partial charge >= 0.3 is 0 Å². The quantitative estimate of drug-likeness (QED) is 0.898. The second-order valence-electron chi connectivity index (χ2n) is 8.06. The molecule has 3 fully saturated rings. The molecule has 0 saturated heterocycles. The smallest absolute Gasteiger partial charge is 0.223 e. The van der Waals surface area contributed by atoms with Gasteiger partial charge in [0.05, 0.1) is 0 Å². The minimum absolute atomic E-state index is 0.191. The minimum Gasteiger partial charge on any atom is -0.355 e. The van der Waals surface area contributed by atoms with E-state index in [0.29, 0.717) is 17.9 Å². The van der Waals surface area contributed by atoms with Crippen molar-refractivity contribution < 1.29 is 4.79 Å². The first kappa shape index (κ1) is 15.2. The Morgan fingerprint density at radius 3 is 2.39 bits per heavy atom. The van der Waals surface area contributed by atoms with Gasteiger partial charge in [0.25, 0.3) is 0 Å². The number of carbonyl (C=O) groups is 1. The summed E-state index contributed by atoms with van der Waals surface area (Å²) in [6.45, 7) is 0.799. The normalized spacial score (nSPS) is 34.7. The largest absolute Gasteiger partial charge is 0.355 e. The number of benzene rings is 1. The van der Waals surface area contributed by atoms with E-state index in [1.165, 1.54) is 37.7 Å².